The second kappa shape index (κ2) is 16.7. The van der Waals surface area contributed by atoms with E-state index >= 15 is 0 Å². The van der Waals surface area contributed by atoms with Gasteiger partial charge in [0.25, 0.3) is 0 Å². The summed E-state index contributed by atoms with van der Waals surface area (Å²) in [5.74, 6) is 0. The molecule has 0 bridgehead atoms. The lowest BCUT2D eigenvalue weighted by molar-refractivity contribution is 0.659. The lowest BCUT2D eigenvalue weighted by atomic mass is 9.79. The van der Waals surface area contributed by atoms with Crippen LogP contribution in [0.15, 0.2) is 243 Å². The molecule has 0 unspecified atom stereocenters. The minimum Gasteiger partial charge on any atom is -0.0622 e. The molecule has 358 valence electrons. The predicted molar refractivity (Wildman–Crippen MR) is 317 cm³/mol. The molecule has 3 aliphatic carbocycles. The fourth-order valence-electron chi connectivity index (χ4n) is 13.3. The minimum atomic E-state index is -0.184. The van der Waals surface area contributed by atoms with Crippen LogP contribution in [0, 0.1) is 0 Å². The van der Waals surface area contributed by atoms with E-state index in [9.17, 15) is 0 Å². The first kappa shape index (κ1) is 45.1. The molecule has 0 saturated carbocycles. The molecule has 11 aromatic rings. The van der Waals surface area contributed by atoms with Gasteiger partial charge in [0.1, 0.15) is 0 Å². The van der Waals surface area contributed by atoms with Crippen molar-refractivity contribution in [1.82, 2.24) is 0 Å². The molecule has 0 radical (unpaired) electrons. The normalized spacial score (nSPS) is 14.6. The van der Waals surface area contributed by atoms with Crippen LogP contribution in [0.4, 0.5) is 0 Å². The molecule has 14 rings (SSSR count). The van der Waals surface area contributed by atoms with Crippen molar-refractivity contribution in [2.75, 3.05) is 0 Å². The molecule has 0 aliphatic heterocycles. The lowest BCUT2D eigenvalue weighted by Crippen LogP contribution is -2.16. The fourth-order valence-corrected chi connectivity index (χ4v) is 13.3. The zero-order chi connectivity index (χ0) is 50.8. The van der Waals surface area contributed by atoms with Crippen LogP contribution >= 0.6 is 0 Å². The first-order valence-corrected chi connectivity index (χ1v) is 26.7. The number of benzene rings is 11. The van der Waals surface area contributed by atoms with Gasteiger partial charge >= 0.3 is 0 Å². The molecule has 0 spiro atoms. The Morgan fingerprint density at radius 2 is 0.387 bits per heavy atom. The Kier molecular flexibility index (Phi) is 10.0. The van der Waals surface area contributed by atoms with E-state index in [-0.39, 0.29) is 16.2 Å². The minimum absolute atomic E-state index is 0.151. The first-order valence-electron chi connectivity index (χ1n) is 26.7. The van der Waals surface area contributed by atoms with Gasteiger partial charge in [-0.1, -0.05) is 242 Å². The molecule has 0 N–H and O–H groups in total. The molecule has 0 amide bonds. The highest BCUT2D eigenvalue weighted by atomic mass is 14.4. The molecule has 0 fully saturated rings. The maximum absolute atomic E-state index is 2.48. The van der Waals surface area contributed by atoms with Crippen molar-refractivity contribution in [2.45, 2.75) is 57.8 Å². The monoisotopic (exact) mass is 958 g/mol. The van der Waals surface area contributed by atoms with E-state index in [2.05, 4.69) is 284 Å². The van der Waals surface area contributed by atoms with Crippen molar-refractivity contribution in [1.29, 1.82) is 0 Å². The van der Waals surface area contributed by atoms with E-state index in [0.29, 0.717) is 0 Å². The lowest BCUT2D eigenvalue weighted by Gasteiger charge is -2.24. The van der Waals surface area contributed by atoms with Crippen molar-refractivity contribution in [3.63, 3.8) is 0 Å². The topological polar surface area (TPSA) is 0 Å². The Morgan fingerprint density at radius 1 is 0.160 bits per heavy atom. The predicted octanol–water partition coefficient (Wildman–Crippen LogP) is 20.3. The molecule has 0 atom stereocenters. The summed E-state index contributed by atoms with van der Waals surface area (Å²) in [6.45, 7) is 14.5. The van der Waals surface area contributed by atoms with Gasteiger partial charge in [-0.2, -0.15) is 0 Å². The molecular formula is C75H58. The van der Waals surface area contributed by atoms with E-state index < -0.39 is 0 Å². The summed E-state index contributed by atoms with van der Waals surface area (Å²) in [6.07, 6.45) is 0. The third-order valence-corrected chi connectivity index (χ3v) is 17.5. The first-order chi connectivity index (χ1) is 36.4. The largest absolute Gasteiger partial charge is 0.0622 e. The number of rotatable bonds is 7. The molecule has 0 heterocycles. The summed E-state index contributed by atoms with van der Waals surface area (Å²) >= 11 is 0. The molecule has 0 aromatic heterocycles. The average Bonchev–Trinajstić information content (AvgIpc) is 3.98. The highest BCUT2D eigenvalue weighted by molar-refractivity contribution is 5.93. The Balaban J connectivity index is 0.762. The molecular weight excluding hydrogens is 901 g/mol. The maximum atomic E-state index is 2.48. The summed E-state index contributed by atoms with van der Waals surface area (Å²) in [7, 11) is 0. The smallest absolute Gasteiger partial charge is 0.0159 e. The van der Waals surface area contributed by atoms with Crippen LogP contribution in [0.2, 0.25) is 0 Å². The van der Waals surface area contributed by atoms with Crippen molar-refractivity contribution in [3.8, 4) is 111 Å². The van der Waals surface area contributed by atoms with Crippen LogP contribution < -0.4 is 0 Å². The second-order valence-corrected chi connectivity index (χ2v) is 22.8. The number of hydrogen-bond donors (Lipinski definition) is 0. The second-order valence-electron chi connectivity index (χ2n) is 22.8. The zero-order valence-corrected chi connectivity index (χ0v) is 43.6. The fraction of sp³-hybridized carbons (Fsp3) is 0.120. The summed E-state index contributed by atoms with van der Waals surface area (Å²) in [5.41, 5.74) is 33.4. The van der Waals surface area contributed by atoms with E-state index in [1.165, 1.54) is 145 Å². The third kappa shape index (κ3) is 7.03. The van der Waals surface area contributed by atoms with Gasteiger partial charge in [0, 0.05) is 16.2 Å². The molecule has 3 aliphatic rings. The van der Waals surface area contributed by atoms with Gasteiger partial charge in [0.05, 0.1) is 0 Å². The van der Waals surface area contributed by atoms with Gasteiger partial charge in [-0.15, -0.1) is 0 Å². The van der Waals surface area contributed by atoms with Crippen LogP contribution in [-0.4, -0.2) is 0 Å². The molecule has 11 aromatic carbocycles. The Morgan fingerprint density at radius 3 is 0.733 bits per heavy atom. The van der Waals surface area contributed by atoms with Crippen molar-refractivity contribution in [2.24, 2.45) is 0 Å². The van der Waals surface area contributed by atoms with E-state index in [1.54, 1.807) is 0 Å². The highest BCUT2D eigenvalue weighted by Crippen LogP contribution is 2.55. The highest BCUT2D eigenvalue weighted by Gasteiger charge is 2.39. The average molecular weight is 959 g/mol. The molecule has 0 nitrogen and oxygen atoms in total. The van der Waals surface area contributed by atoms with Crippen molar-refractivity contribution < 1.29 is 0 Å². The van der Waals surface area contributed by atoms with Crippen LogP contribution in [0.1, 0.15) is 74.9 Å². The van der Waals surface area contributed by atoms with Gasteiger partial charge in [0.15, 0.2) is 0 Å². The molecule has 75 heavy (non-hydrogen) atoms. The molecule has 0 heteroatoms. The molecule has 0 saturated heterocycles. The van der Waals surface area contributed by atoms with E-state index in [1.807, 2.05) is 0 Å². The zero-order valence-electron chi connectivity index (χ0n) is 43.6. The van der Waals surface area contributed by atoms with Crippen molar-refractivity contribution >= 4 is 0 Å². The van der Waals surface area contributed by atoms with Gasteiger partial charge in [0.2, 0.25) is 0 Å². The Bertz CT molecular complexity index is 4110. The van der Waals surface area contributed by atoms with E-state index in [4.69, 9.17) is 0 Å². The van der Waals surface area contributed by atoms with Gasteiger partial charge in [-0.05, 0) is 187 Å². The quantitative estimate of drug-likeness (QED) is 0.149. The number of fused-ring (bicyclic) bond motifs is 9. The van der Waals surface area contributed by atoms with Gasteiger partial charge in [-0.25, -0.2) is 0 Å². The van der Waals surface area contributed by atoms with Crippen LogP contribution in [0.3, 0.4) is 0 Å². The number of hydrogen-bond acceptors (Lipinski definition) is 0. The third-order valence-electron chi connectivity index (χ3n) is 17.5. The Hall–Kier alpha value is -8.58. The van der Waals surface area contributed by atoms with Crippen LogP contribution in [0.5, 0.6) is 0 Å². The van der Waals surface area contributed by atoms with E-state index in [0.717, 1.165) is 0 Å². The summed E-state index contributed by atoms with van der Waals surface area (Å²) in [6, 6.07) is 91.2. The van der Waals surface area contributed by atoms with Gasteiger partial charge in [-0.3, -0.25) is 0 Å². The summed E-state index contributed by atoms with van der Waals surface area (Å²) in [5, 5.41) is 0. The van der Waals surface area contributed by atoms with Crippen LogP contribution in [-0.2, 0) is 16.2 Å². The maximum Gasteiger partial charge on any atom is 0.0159 e. The van der Waals surface area contributed by atoms with Crippen LogP contribution in [0.25, 0.3) is 111 Å². The summed E-state index contributed by atoms with van der Waals surface area (Å²) in [4.78, 5) is 0. The van der Waals surface area contributed by atoms with Gasteiger partial charge < -0.3 is 0 Å². The summed E-state index contributed by atoms with van der Waals surface area (Å²) < 4.78 is 0. The Labute approximate surface area is 442 Å². The van der Waals surface area contributed by atoms with Crippen molar-refractivity contribution in [3.05, 3.63) is 276 Å². The SMILES string of the molecule is CC1(C)c2cc(-c3ccc4c(c3)C(C)(C)c3cc(-c5ccccc5-c5ccccc5)ccc3-4)ccc2-c2ccc(-c3ccc4c(c3)C(C)(C)c3cc(-c5cc(-c6ccccc6)ccc5-c5ccccc5)ccc3-4)cc21. The standard InChI is InChI=1S/C75H58/c1-73(2)67-41-51(53-29-36-62-64-38-31-55(45-71(64)74(3,4)69(62)43-53)58-25-17-16-24-57(58)48-20-12-8-13-21-48)27-34-60(67)61-35-28-52(42-68(61)73)54-30-37-63-65-39-32-56(46-72(65)75(5,6)70(63)44-54)66-40-50(47-18-10-7-11-19-47)26-33-59(66)49-22-14-9-15-23-49/h7-46H,1-6H3.